The Balaban J connectivity index is 2.58. The van der Waals surface area contributed by atoms with Crippen LogP contribution in [0, 0.1) is 5.82 Å². The van der Waals surface area contributed by atoms with Crippen LogP contribution in [0.4, 0.5) is 4.39 Å². The monoisotopic (exact) mass is 293 g/mol. The fourth-order valence-electron chi connectivity index (χ4n) is 1.88. The number of ether oxygens (including phenoxy) is 1. The number of hydrogen-bond acceptors (Lipinski definition) is 4. The van der Waals surface area contributed by atoms with Crippen LogP contribution in [0.15, 0.2) is 22.6 Å². The smallest absolute Gasteiger partial charge is 0.373 e. The summed E-state index contributed by atoms with van der Waals surface area (Å²) in [4.78, 5) is 15.4. The summed E-state index contributed by atoms with van der Waals surface area (Å²) in [6.07, 6.45) is 0. The van der Waals surface area contributed by atoms with Gasteiger partial charge < -0.3 is 14.3 Å². The van der Waals surface area contributed by atoms with Gasteiger partial charge in [-0.2, -0.15) is 0 Å². The highest BCUT2D eigenvalue weighted by molar-refractivity contribution is 5.86. The predicted octanol–water partition coefficient (Wildman–Crippen LogP) is 3.49. The van der Waals surface area contributed by atoms with Crippen LogP contribution in [0.1, 0.15) is 37.0 Å². The Bertz CT molecular complexity index is 685. The lowest BCUT2D eigenvalue weighted by Crippen LogP contribution is -2.16. The summed E-state index contributed by atoms with van der Waals surface area (Å²) in [5, 5.41) is 9.19. The van der Waals surface area contributed by atoms with Crippen molar-refractivity contribution in [2.75, 3.05) is 7.11 Å². The van der Waals surface area contributed by atoms with E-state index < -0.39 is 17.2 Å². The molecule has 112 valence electrons. The minimum Gasteiger partial charge on any atom is -0.497 e. The third-order valence-electron chi connectivity index (χ3n) is 2.94. The Labute approximate surface area is 121 Å². The summed E-state index contributed by atoms with van der Waals surface area (Å²) in [6, 6.07) is 4.19. The maximum Gasteiger partial charge on any atom is 0.373 e. The Morgan fingerprint density at radius 3 is 2.48 bits per heavy atom. The van der Waals surface area contributed by atoms with Crippen molar-refractivity contribution in [3.63, 3.8) is 0 Å². The van der Waals surface area contributed by atoms with Gasteiger partial charge in [0, 0.05) is 11.5 Å². The SMILES string of the molecule is COc1ccc(-c2nc(C(C)(C)C)c(C(=O)O)o2)c(F)c1. The molecule has 1 aromatic heterocycles. The molecule has 0 saturated heterocycles. The van der Waals surface area contributed by atoms with Crippen molar-refractivity contribution in [1.29, 1.82) is 0 Å². The standard InChI is InChI=1S/C15H16FNO4/c1-15(2,3)12-11(14(18)19)21-13(17-12)9-6-5-8(20-4)7-10(9)16/h5-7H,1-4H3,(H,18,19). The quantitative estimate of drug-likeness (QED) is 0.937. The molecule has 0 amide bonds. The molecule has 1 aromatic carbocycles. The lowest BCUT2D eigenvalue weighted by molar-refractivity contribution is 0.0659. The van der Waals surface area contributed by atoms with Gasteiger partial charge in [0.25, 0.3) is 0 Å². The molecule has 0 aliphatic heterocycles. The number of methoxy groups -OCH3 is 1. The number of oxazole rings is 1. The van der Waals surface area contributed by atoms with E-state index >= 15 is 0 Å². The van der Waals surface area contributed by atoms with E-state index in [2.05, 4.69) is 4.98 Å². The summed E-state index contributed by atoms with van der Waals surface area (Å²) in [5.41, 5.74) is -0.160. The van der Waals surface area contributed by atoms with E-state index in [4.69, 9.17) is 9.15 Å². The molecule has 0 aliphatic rings. The van der Waals surface area contributed by atoms with Gasteiger partial charge in [0.1, 0.15) is 17.3 Å². The summed E-state index contributed by atoms with van der Waals surface area (Å²) >= 11 is 0. The molecule has 6 heteroatoms. The van der Waals surface area contributed by atoms with E-state index in [-0.39, 0.29) is 22.9 Å². The number of rotatable bonds is 3. The maximum absolute atomic E-state index is 14.0. The van der Waals surface area contributed by atoms with Crippen LogP contribution in [0.5, 0.6) is 5.75 Å². The van der Waals surface area contributed by atoms with Gasteiger partial charge in [0.2, 0.25) is 11.7 Å². The first-order chi connectivity index (χ1) is 9.74. The van der Waals surface area contributed by atoms with E-state index in [0.29, 0.717) is 5.75 Å². The molecule has 0 fully saturated rings. The van der Waals surface area contributed by atoms with Crippen molar-refractivity contribution in [1.82, 2.24) is 4.98 Å². The van der Waals surface area contributed by atoms with Crippen molar-refractivity contribution in [2.24, 2.45) is 0 Å². The highest BCUT2D eigenvalue weighted by Crippen LogP contribution is 2.32. The highest BCUT2D eigenvalue weighted by atomic mass is 19.1. The van der Waals surface area contributed by atoms with E-state index in [1.807, 2.05) is 20.8 Å². The summed E-state index contributed by atoms with van der Waals surface area (Å²) in [7, 11) is 1.43. The molecular weight excluding hydrogens is 277 g/mol. The van der Waals surface area contributed by atoms with E-state index in [0.717, 1.165) is 0 Å². The number of halogens is 1. The molecule has 0 aliphatic carbocycles. The normalized spacial score (nSPS) is 11.5. The molecule has 5 nitrogen and oxygen atoms in total. The molecule has 2 aromatic rings. The van der Waals surface area contributed by atoms with Gasteiger partial charge in [-0.05, 0) is 12.1 Å². The number of carboxylic acids is 1. The second-order valence-electron chi connectivity index (χ2n) is 5.60. The van der Waals surface area contributed by atoms with Crippen LogP contribution in [0.25, 0.3) is 11.5 Å². The molecule has 21 heavy (non-hydrogen) atoms. The van der Waals surface area contributed by atoms with Crippen molar-refractivity contribution in [3.8, 4) is 17.2 Å². The maximum atomic E-state index is 14.0. The minimum absolute atomic E-state index is 0.0579. The Morgan fingerprint density at radius 1 is 1.38 bits per heavy atom. The zero-order valence-electron chi connectivity index (χ0n) is 12.2. The number of carbonyl (C=O) groups is 1. The molecule has 0 radical (unpaired) electrons. The Hall–Kier alpha value is -2.37. The van der Waals surface area contributed by atoms with Crippen LogP contribution in [-0.4, -0.2) is 23.2 Å². The number of carboxylic acid groups (broad SMARTS) is 1. The summed E-state index contributed by atoms with van der Waals surface area (Å²) < 4.78 is 24.2. The first-order valence-electron chi connectivity index (χ1n) is 6.32. The summed E-state index contributed by atoms with van der Waals surface area (Å²) in [5.74, 6) is -1.79. The van der Waals surface area contributed by atoms with Gasteiger partial charge in [0.05, 0.1) is 12.7 Å². The number of nitrogens with zero attached hydrogens (tertiary/aromatic N) is 1. The van der Waals surface area contributed by atoms with Crippen molar-refractivity contribution in [2.45, 2.75) is 26.2 Å². The van der Waals surface area contributed by atoms with Gasteiger partial charge in [-0.1, -0.05) is 20.8 Å². The summed E-state index contributed by atoms with van der Waals surface area (Å²) in [6.45, 7) is 5.43. The Kier molecular flexibility index (Phi) is 3.72. The minimum atomic E-state index is -1.23. The largest absolute Gasteiger partial charge is 0.497 e. The topological polar surface area (TPSA) is 72.6 Å². The number of hydrogen-bond donors (Lipinski definition) is 1. The Morgan fingerprint density at radius 2 is 2.05 bits per heavy atom. The lowest BCUT2D eigenvalue weighted by Gasteiger charge is -2.14. The third kappa shape index (κ3) is 2.89. The van der Waals surface area contributed by atoms with Crippen LogP contribution in [0.2, 0.25) is 0 Å². The van der Waals surface area contributed by atoms with Gasteiger partial charge in [-0.25, -0.2) is 14.2 Å². The second-order valence-corrected chi connectivity index (χ2v) is 5.60. The van der Waals surface area contributed by atoms with E-state index in [9.17, 15) is 14.3 Å². The highest BCUT2D eigenvalue weighted by Gasteiger charge is 2.29. The van der Waals surface area contributed by atoms with Gasteiger partial charge in [-0.15, -0.1) is 0 Å². The zero-order chi connectivity index (χ0) is 15.8. The van der Waals surface area contributed by atoms with Crippen LogP contribution in [-0.2, 0) is 5.41 Å². The van der Waals surface area contributed by atoms with Gasteiger partial charge in [-0.3, -0.25) is 0 Å². The van der Waals surface area contributed by atoms with E-state index in [1.165, 1.54) is 19.2 Å². The molecular formula is C15H16FNO4. The third-order valence-corrected chi connectivity index (χ3v) is 2.94. The van der Waals surface area contributed by atoms with Crippen molar-refractivity contribution in [3.05, 3.63) is 35.5 Å². The average Bonchev–Trinajstić information content (AvgIpc) is 2.83. The van der Waals surface area contributed by atoms with Crippen LogP contribution < -0.4 is 4.74 Å². The first-order valence-corrected chi connectivity index (χ1v) is 6.32. The fourth-order valence-corrected chi connectivity index (χ4v) is 1.88. The molecule has 2 rings (SSSR count). The van der Waals surface area contributed by atoms with Gasteiger partial charge >= 0.3 is 5.97 Å². The average molecular weight is 293 g/mol. The molecule has 0 saturated carbocycles. The second kappa shape index (κ2) is 5.20. The fraction of sp³-hybridized carbons (Fsp3) is 0.333. The van der Waals surface area contributed by atoms with Crippen LogP contribution >= 0.6 is 0 Å². The number of aromatic carboxylic acids is 1. The van der Waals surface area contributed by atoms with Gasteiger partial charge in [0.15, 0.2) is 0 Å². The molecule has 0 atom stereocenters. The molecule has 0 spiro atoms. The number of aromatic nitrogens is 1. The lowest BCUT2D eigenvalue weighted by atomic mass is 9.91. The van der Waals surface area contributed by atoms with Crippen LogP contribution in [0.3, 0.4) is 0 Å². The molecule has 0 unspecified atom stereocenters. The predicted molar refractivity (Wildman–Crippen MR) is 74.1 cm³/mol. The van der Waals surface area contributed by atoms with E-state index in [1.54, 1.807) is 6.07 Å². The molecule has 1 heterocycles. The van der Waals surface area contributed by atoms with Crippen molar-refractivity contribution >= 4 is 5.97 Å². The first kappa shape index (κ1) is 15.0. The zero-order valence-corrected chi connectivity index (χ0v) is 12.2. The number of benzene rings is 1. The molecule has 0 bridgehead atoms. The molecule has 1 N–H and O–H groups in total. The van der Waals surface area contributed by atoms with Crippen molar-refractivity contribution < 1.29 is 23.4 Å².